The molecule has 3 nitrogen and oxygen atoms in total. The van der Waals surface area contributed by atoms with Crippen LogP contribution >= 0.6 is 0 Å². The quantitative estimate of drug-likeness (QED) is 0.655. The fraction of sp³-hybridized carbons (Fsp3) is 0.400. The van der Waals surface area contributed by atoms with Crippen LogP contribution in [-0.4, -0.2) is 14.1 Å². The number of rotatable bonds is 2. The van der Waals surface area contributed by atoms with E-state index in [4.69, 9.17) is 0 Å². The molecule has 0 aromatic heterocycles. The maximum absolute atomic E-state index is 10.0. The van der Waals surface area contributed by atoms with Crippen LogP contribution in [0.25, 0.3) is 0 Å². The van der Waals surface area contributed by atoms with Crippen LogP contribution in [0.5, 0.6) is 0 Å². The van der Waals surface area contributed by atoms with E-state index in [-0.39, 0.29) is 0 Å². The summed E-state index contributed by atoms with van der Waals surface area (Å²) in [7, 11) is 3.90. The lowest BCUT2D eigenvalue weighted by Gasteiger charge is -2.10. The Balaban J connectivity index is 0.000000671. The molecule has 0 spiro atoms. The number of nitroso groups, excluding NO2 is 1. The fourth-order valence-electron chi connectivity index (χ4n) is 0.812. The predicted octanol–water partition coefficient (Wildman–Crippen LogP) is 3.18. The molecule has 72 valence electrons. The van der Waals surface area contributed by atoms with Gasteiger partial charge in [-0.05, 0) is 29.4 Å². The van der Waals surface area contributed by atoms with Crippen molar-refractivity contribution in [2.24, 2.45) is 5.18 Å². The molecule has 0 fully saturated rings. The van der Waals surface area contributed by atoms with Gasteiger partial charge in [0.1, 0.15) is 5.69 Å². The molecule has 1 rings (SSSR count). The SMILES string of the molecule is CC.CN(C)c1ccc(N=O)cc1. The topological polar surface area (TPSA) is 32.7 Å². The summed E-state index contributed by atoms with van der Waals surface area (Å²) in [5.41, 5.74) is 1.54. The minimum atomic E-state index is 0.468. The van der Waals surface area contributed by atoms with E-state index in [1.807, 2.05) is 45.0 Å². The highest BCUT2D eigenvalue weighted by Gasteiger charge is 1.93. The van der Waals surface area contributed by atoms with Crippen LogP contribution in [0.1, 0.15) is 13.8 Å². The van der Waals surface area contributed by atoms with Gasteiger partial charge in [0.25, 0.3) is 0 Å². The monoisotopic (exact) mass is 180 g/mol. The van der Waals surface area contributed by atoms with Crippen LogP contribution in [0.3, 0.4) is 0 Å². The Hall–Kier alpha value is -1.38. The molecule has 0 unspecified atom stereocenters. The Bertz CT molecular complexity index is 242. The van der Waals surface area contributed by atoms with Gasteiger partial charge in [-0.2, -0.15) is 0 Å². The Kier molecular flexibility index (Phi) is 5.52. The second kappa shape index (κ2) is 6.17. The van der Waals surface area contributed by atoms with E-state index in [1.54, 1.807) is 12.1 Å². The molecule has 0 aliphatic rings. The zero-order chi connectivity index (χ0) is 10.3. The molecule has 0 bridgehead atoms. The maximum atomic E-state index is 10.0. The van der Waals surface area contributed by atoms with E-state index in [1.165, 1.54) is 0 Å². The molecule has 1 aromatic rings. The molecule has 0 radical (unpaired) electrons. The third-order valence-corrected chi connectivity index (χ3v) is 1.47. The van der Waals surface area contributed by atoms with Gasteiger partial charge in [-0.3, -0.25) is 0 Å². The third-order valence-electron chi connectivity index (χ3n) is 1.47. The van der Waals surface area contributed by atoms with Gasteiger partial charge in [-0.15, -0.1) is 4.91 Å². The van der Waals surface area contributed by atoms with Gasteiger partial charge in [0, 0.05) is 19.8 Å². The van der Waals surface area contributed by atoms with Gasteiger partial charge in [0.05, 0.1) is 0 Å². The molecule has 0 aliphatic carbocycles. The molecule has 0 saturated heterocycles. The van der Waals surface area contributed by atoms with Crippen LogP contribution in [0.15, 0.2) is 29.4 Å². The number of hydrogen-bond donors (Lipinski definition) is 0. The third kappa shape index (κ3) is 3.69. The zero-order valence-electron chi connectivity index (χ0n) is 8.61. The highest BCUT2D eigenvalue weighted by Crippen LogP contribution is 2.17. The first-order valence-electron chi connectivity index (χ1n) is 4.35. The number of benzene rings is 1. The van der Waals surface area contributed by atoms with Gasteiger partial charge < -0.3 is 4.90 Å². The fourth-order valence-corrected chi connectivity index (χ4v) is 0.812. The Morgan fingerprint density at radius 2 is 1.54 bits per heavy atom. The van der Waals surface area contributed by atoms with Crippen LogP contribution < -0.4 is 4.90 Å². The summed E-state index contributed by atoms with van der Waals surface area (Å²) in [6, 6.07) is 7.11. The van der Waals surface area contributed by atoms with E-state index >= 15 is 0 Å². The lowest BCUT2D eigenvalue weighted by molar-refractivity contribution is 1.13. The van der Waals surface area contributed by atoms with Crippen molar-refractivity contribution in [3.63, 3.8) is 0 Å². The van der Waals surface area contributed by atoms with Gasteiger partial charge in [-0.1, -0.05) is 13.8 Å². The van der Waals surface area contributed by atoms with Crippen molar-refractivity contribution >= 4 is 11.4 Å². The summed E-state index contributed by atoms with van der Waals surface area (Å²) in [5, 5.41) is 2.80. The Morgan fingerprint density at radius 1 is 1.08 bits per heavy atom. The molecule has 0 amide bonds. The highest BCUT2D eigenvalue weighted by molar-refractivity contribution is 5.51. The largest absolute Gasteiger partial charge is 0.378 e. The van der Waals surface area contributed by atoms with Crippen LogP contribution in [0.2, 0.25) is 0 Å². The van der Waals surface area contributed by atoms with Gasteiger partial charge in [0.15, 0.2) is 0 Å². The number of nitrogens with zero attached hydrogens (tertiary/aromatic N) is 2. The summed E-state index contributed by atoms with van der Waals surface area (Å²) in [6.45, 7) is 4.00. The van der Waals surface area contributed by atoms with Crippen molar-refractivity contribution in [3.8, 4) is 0 Å². The van der Waals surface area contributed by atoms with E-state index in [0.29, 0.717) is 5.69 Å². The lowest BCUT2D eigenvalue weighted by atomic mass is 10.3. The summed E-state index contributed by atoms with van der Waals surface area (Å²) in [5.74, 6) is 0. The van der Waals surface area contributed by atoms with Gasteiger partial charge in [-0.25, -0.2) is 0 Å². The smallest absolute Gasteiger partial charge is 0.108 e. The lowest BCUT2D eigenvalue weighted by Crippen LogP contribution is -2.07. The van der Waals surface area contributed by atoms with Crippen molar-refractivity contribution in [2.45, 2.75) is 13.8 Å². The molecule has 1 aromatic carbocycles. The van der Waals surface area contributed by atoms with Crippen molar-refractivity contribution in [3.05, 3.63) is 29.2 Å². The highest BCUT2D eigenvalue weighted by atomic mass is 16.3. The first-order valence-corrected chi connectivity index (χ1v) is 4.35. The minimum absolute atomic E-state index is 0.468. The van der Waals surface area contributed by atoms with Gasteiger partial charge in [0.2, 0.25) is 0 Å². The maximum Gasteiger partial charge on any atom is 0.108 e. The van der Waals surface area contributed by atoms with E-state index in [0.717, 1.165) is 5.69 Å². The molecule has 0 atom stereocenters. The summed E-state index contributed by atoms with van der Waals surface area (Å²) in [4.78, 5) is 12.0. The molecule has 0 saturated carbocycles. The first kappa shape index (κ1) is 11.6. The molecular formula is C10H16N2O. The van der Waals surface area contributed by atoms with Crippen LogP contribution in [-0.2, 0) is 0 Å². The second-order valence-corrected chi connectivity index (χ2v) is 2.50. The number of anilines is 1. The van der Waals surface area contributed by atoms with Crippen LogP contribution in [0.4, 0.5) is 11.4 Å². The molecule has 0 heterocycles. The van der Waals surface area contributed by atoms with Gasteiger partial charge >= 0.3 is 0 Å². The standard InChI is InChI=1S/C8H10N2O.C2H6/c1-10(2)8-5-3-7(9-11)4-6-8;1-2/h3-6H,1-2H3;1-2H3. The summed E-state index contributed by atoms with van der Waals surface area (Å²) >= 11 is 0. The Morgan fingerprint density at radius 3 is 1.85 bits per heavy atom. The second-order valence-electron chi connectivity index (χ2n) is 2.50. The Labute approximate surface area is 79.4 Å². The summed E-state index contributed by atoms with van der Waals surface area (Å²) < 4.78 is 0. The predicted molar refractivity (Wildman–Crippen MR) is 57.6 cm³/mol. The zero-order valence-corrected chi connectivity index (χ0v) is 8.61. The van der Waals surface area contributed by atoms with Crippen LogP contribution in [0, 0.1) is 4.91 Å². The van der Waals surface area contributed by atoms with Crippen molar-refractivity contribution in [2.75, 3.05) is 19.0 Å². The van der Waals surface area contributed by atoms with E-state index < -0.39 is 0 Å². The molecule has 13 heavy (non-hydrogen) atoms. The molecule has 0 N–H and O–H groups in total. The first-order chi connectivity index (χ1) is 6.24. The van der Waals surface area contributed by atoms with E-state index in [2.05, 4.69) is 5.18 Å². The molecular weight excluding hydrogens is 164 g/mol. The van der Waals surface area contributed by atoms with Crippen molar-refractivity contribution in [1.29, 1.82) is 0 Å². The summed E-state index contributed by atoms with van der Waals surface area (Å²) in [6.07, 6.45) is 0. The average Bonchev–Trinajstić information content (AvgIpc) is 2.21. The molecule has 0 aliphatic heterocycles. The van der Waals surface area contributed by atoms with E-state index in [9.17, 15) is 4.91 Å². The average molecular weight is 180 g/mol. The van der Waals surface area contributed by atoms with Crippen molar-refractivity contribution < 1.29 is 0 Å². The normalized spacial score (nSPS) is 8.31. The molecule has 3 heteroatoms. The number of hydrogen-bond acceptors (Lipinski definition) is 3. The minimum Gasteiger partial charge on any atom is -0.378 e. The van der Waals surface area contributed by atoms with Crippen molar-refractivity contribution in [1.82, 2.24) is 0 Å².